The van der Waals surface area contributed by atoms with E-state index in [0.717, 1.165) is 17.9 Å². The molecule has 1 heterocycles. The molecule has 96 valence electrons. The average Bonchev–Trinajstić information content (AvgIpc) is 2.81. The van der Waals surface area contributed by atoms with E-state index in [1.165, 1.54) is 5.69 Å². The van der Waals surface area contributed by atoms with E-state index in [2.05, 4.69) is 36.4 Å². The van der Waals surface area contributed by atoms with Gasteiger partial charge >= 0.3 is 0 Å². The number of aromatic nitrogens is 2. The first-order valence-corrected chi connectivity index (χ1v) is 6.31. The number of hydrogen-bond donors (Lipinski definition) is 2. The van der Waals surface area contributed by atoms with Crippen LogP contribution >= 0.6 is 0 Å². The fourth-order valence-corrected chi connectivity index (χ4v) is 2.03. The van der Waals surface area contributed by atoms with Crippen molar-refractivity contribution in [3.05, 3.63) is 42.2 Å². The van der Waals surface area contributed by atoms with Gasteiger partial charge in [0.05, 0.1) is 23.3 Å². The molecule has 0 spiro atoms. The van der Waals surface area contributed by atoms with Crippen LogP contribution in [0.3, 0.4) is 0 Å². The lowest BCUT2D eigenvalue weighted by atomic mass is 10.1. The van der Waals surface area contributed by atoms with Crippen LogP contribution in [0.15, 0.2) is 36.5 Å². The van der Waals surface area contributed by atoms with E-state index in [1.54, 1.807) is 0 Å². The fraction of sp³-hybridized carbons (Fsp3) is 0.357. The summed E-state index contributed by atoms with van der Waals surface area (Å²) in [4.78, 5) is 0. The van der Waals surface area contributed by atoms with Crippen LogP contribution in [0.2, 0.25) is 0 Å². The zero-order chi connectivity index (χ0) is 13.0. The standard InChI is InChI=1S/C14H20N4/c1-11(2)14-13(16-9-8-15)10-17-18(14)12-6-4-3-5-7-12/h3-7,10-11,16H,8-9,15H2,1-2H3. The molecule has 0 amide bonds. The zero-order valence-electron chi connectivity index (χ0n) is 10.9. The van der Waals surface area contributed by atoms with E-state index < -0.39 is 0 Å². The molecule has 0 fully saturated rings. The predicted octanol–water partition coefficient (Wildman–Crippen LogP) is 2.37. The van der Waals surface area contributed by atoms with Crippen LogP contribution in [0.5, 0.6) is 0 Å². The van der Waals surface area contributed by atoms with Crippen molar-refractivity contribution in [2.45, 2.75) is 19.8 Å². The smallest absolute Gasteiger partial charge is 0.0767 e. The van der Waals surface area contributed by atoms with E-state index in [0.29, 0.717) is 12.5 Å². The molecule has 18 heavy (non-hydrogen) atoms. The van der Waals surface area contributed by atoms with Crippen molar-refractivity contribution in [2.75, 3.05) is 18.4 Å². The molecule has 0 unspecified atom stereocenters. The Bertz CT molecular complexity index is 488. The summed E-state index contributed by atoms with van der Waals surface area (Å²) in [7, 11) is 0. The van der Waals surface area contributed by atoms with Gasteiger partial charge in [-0.2, -0.15) is 5.10 Å². The number of benzene rings is 1. The van der Waals surface area contributed by atoms with Gasteiger partial charge in [-0.25, -0.2) is 4.68 Å². The summed E-state index contributed by atoms with van der Waals surface area (Å²) in [5.41, 5.74) is 8.87. The number of anilines is 1. The van der Waals surface area contributed by atoms with Gasteiger partial charge in [0.2, 0.25) is 0 Å². The van der Waals surface area contributed by atoms with Crippen LogP contribution in [0.4, 0.5) is 5.69 Å². The quantitative estimate of drug-likeness (QED) is 0.849. The first kappa shape index (κ1) is 12.6. The number of rotatable bonds is 5. The third-order valence-corrected chi connectivity index (χ3v) is 2.81. The summed E-state index contributed by atoms with van der Waals surface area (Å²) < 4.78 is 1.99. The van der Waals surface area contributed by atoms with Gasteiger partial charge in [0.1, 0.15) is 0 Å². The Morgan fingerprint density at radius 2 is 2.00 bits per heavy atom. The minimum Gasteiger partial charge on any atom is -0.381 e. The minimum atomic E-state index is 0.396. The van der Waals surface area contributed by atoms with E-state index in [1.807, 2.05) is 29.1 Å². The van der Waals surface area contributed by atoms with Gasteiger partial charge in [-0.3, -0.25) is 0 Å². The number of hydrogen-bond acceptors (Lipinski definition) is 3. The topological polar surface area (TPSA) is 55.9 Å². The fourth-order valence-electron chi connectivity index (χ4n) is 2.03. The summed E-state index contributed by atoms with van der Waals surface area (Å²) >= 11 is 0. The van der Waals surface area contributed by atoms with Gasteiger partial charge in [0.25, 0.3) is 0 Å². The Morgan fingerprint density at radius 1 is 1.28 bits per heavy atom. The first-order valence-electron chi connectivity index (χ1n) is 6.31. The van der Waals surface area contributed by atoms with E-state index >= 15 is 0 Å². The van der Waals surface area contributed by atoms with E-state index in [9.17, 15) is 0 Å². The molecule has 2 aromatic rings. The highest BCUT2D eigenvalue weighted by Crippen LogP contribution is 2.26. The van der Waals surface area contributed by atoms with Gasteiger partial charge in [-0.15, -0.1) is 0 Å². The summed E-state index contributed by atoms with van der Waals surface area (Å²) in [5, 5.41) is 7.80. The lowest BCUT2D eigenvalue weighted by Gasteiger charge is -2.13. The maximum absolute atomic E-state index is 5.53. The Labute approximate surface area is 108 Å². The van der Waals surface area contributed by atoms with Crippen LogP contribution in [0.25, 0.3) is 5.69 Å². The summed E-state index contributed by atoms with van der Waals surface area (Å²) in [6, 6.07) is 10.2. The van der Waals surface area contributed by atoms with Crippen molar-refractivity contribution in [3.8, 4) is 5.69 Å². The van der Waals surface area contributed by atoms with Crippen LogP contribution in [0.1, 0.15) is 25.5 Å². The predicted molar refractivity (Wildman–Crippen MR) is 75.2 cm³/mol. The molecule has 0 atom stereocenters. The normalized spacial score (nSPS) is 10.9. The number of para-hydroxylation sites is 1. The number of nitrogens with one attached hydrogen (secondary N) is 1. The Hall–Kier alpha value is -1.81. The van der Waals surface area contributed by atoms with Crippen molar-refractivity contribution < 1.29 is 0 Å². The molecule has 0 aliphatic heterocycles. The SMILES string of the molecule is CC(C)c1c(NCCN)cnn1-c1ccccc1. The molecule has 4 nitrogen and oxygen atoms in total. The van der Waals surface area contributed by atoms with Crippen molar-refractivity contribution in [1.29, 1.82) is 0 Å². The minimum absolute atomic E-state index is 0.396. The molecule has 0 saturated heterocycles. The molecule has 2 rings (SSSR count). The van der Waals surface area contributed by atoms with Gasteiger partial charge in [-0.05, 0) is 18.1 Å². The molecule has 3 N–H and O–H groups in total. The van der Waals surface area contributed by atoms with Crippen LogP contribution in [0, 0.1) is 0 Å². The Morgan fingerprint density at radius 3 is 2.61 bits per heavy atom. The first-order chi connectivity index (χ1) is 8.74. The Kier molecular flexibility index (Phi) is 3.99. The van der Waals surface area contributed by atoms with Crippen LogP contribution in [-0.2, 0) is 0 Å². The lowest BCUT2D eigenvalue weighted by molar-refractivity contribution is 0.735. The molecule has 0 aliphatic carbocycles. The van der Waals surface area contributed by atoms with E-state index in [-0.39, 0.29) is 0 Å². The summed E-state index contributed by atoms with van der Waals surface area (Å²) in [5.74, 6) is 0.396. The second-order valence-electron chi connectivity index (χ2n) is 4.56. The molecular formula is C14H20N4. The largest absolute Gasteiger partial charge is 0.381 e. The van der Waals surface area contributed by atoms with Crippen LogP contribution in [-0.4, -0.2) is 22.9 Å². The van der Waals surface area contributed by atoms with Crippen molar-refractivity contribution in [1.82, 2.24) is 9.78 Å². The molecule has 0 aliphatic rings. The lowest BCUT2D eigenvalue weighted by Crippen LogP contribution is -2.14. The summed E-state index contributed by atoms with van der Waals surface area (Å²) in [6.07, 6.45) is 1.87. The van der Waals surface area contributed by atoms with Gasteiger partial charge < -0.3 is 11.1 Å². The molecule has 1 aromatic heterocycles. The van der Waals surface area contributed by atoms with Gasteiger partial charge in [0, 0.05) is 13.1 Å². The number of nitrogens with zero attached hydrogens (tertiary/aromatic N) is 2. The Balaban J connectivity index is 2.39. The maximum Gasteiger partial charge on any atom is 0.0767 e. The highest BCUT2D eigenvalue weighted by Gasteiger charge is 2.14. The van der Waals surface area contributed by atoms with Crippen LogP contribution < -0.4 is 11.1 Å². The second kappa shape index (κ2) is 5.69. The average molecular weight is 244 g/mol. The summed E-state index contributed by atoms with van der Waals surface area (Å²) in [6.45, 7) is 5.72. The second-order valence-corrected chi connectivity index (χ2v) is 4.56. The van der Waals surface area contributed by atoms with Gasteiger partial charge in [-0.1, -0.05) is 32.0 Å². The van der Waals surface area contributed by atoms with Crippen molar-refractivity contribution in [3.63, 3.8) is 0 Å². The third-order valence-electron chi connectivity index (χ3n) is 2.81. The highest BCUT2D eigenvalue weighted by atomic mass is 15.3. The van der Waals surface area contributed by atoms with Gasteiger partial charge in [0.15, 0.2) is 0 Å². The number of nitrogens with two attached hydrogens (primary N) is 1. The highest BCUT2D eigenvalue weighted by molar-refractivity contribution is 5.51. The molecule has 0 saturated carbocycles. The molecule has 0 bridgehead atoms. The van der Waals surface area contributed by atoms with E-state index in [4.69, 9.17) is 5.73 Å². The maximum atomic E-state index is 5.53. The third kappa shape index (κ3) is 2.54. The zero-order valence-corrected chi connectivity index (χ0v) is 10.9. The molecule has 4 heteroatoms. The van der Waals surface area contributed by atoms with Crippen molar-refractivity contribution in [2.24, 2.45) is 5.73 Å². The molecular weight excluding hydrogens is 224 g/mol. The molecule has 0 radical (unpaired) electrons. The molecule has 1 aromatic carbocycles. The van der Waals surface area contributed by atoms with Crippen molar-refractivity contribution >= 4 is 5.69 Å². The monoisotopic (exact) mass is 244 g/mol.